The molecule has 4 rings (SSSR count). The smallest absolute Gasteiger partial charge is 0.256 e. The predicted molar refractivity (Wildman–Crippen MR) is 91.1 cm³/mol. The van der Waals surface area contributed by atoms with Gasteiger partial charge in [-0.15, -0.1) is 0 Å². The first kappa shape index (κ1) is 15.8. The number of pyridine rings is 1. The highest BCUT2D eigenvalue weighted by atomic mass is 16.7. The highest BCUT2D eigenvalue weighted by Gasteiger charge is 2.13. The number of anilines is 1. The first-order chi connectivity index (χ1) is 12.8. The third kappa shape index (κ3) is 3.54. The van der Waals surface area contributed by atoms with Gasteiger partial charge in [0.25, 0.3) is 5.91 Å². The molecule has 1 amide bonds. The highest BCUT2D eigenvalue weighted by molar-refractivity contribution is 6.03. The fourth-order valence-corrected chi connectivity index (χ4v) is 2.37. The molecule has 0 fully saturated rings. The van der Waals surface area contributed by atoms with Gasteiger partial charge in [-0.2, -0.15) is 0 Å². The molecule has 1 aliphatic heterocycles. The number of hydrogen-bond acceptors (Lipinski definition) is 7. The van der Waals surface area contributed by atoms with Gasteiger partial charge >= 0.3 is 0 Å². The molecule has 0 saturated carbocycles. The maximum atomic E-state index is 12.1. The monoisotopic (exact) mass is 350 g/mol. The number of amides is 1. The van der Waals surface area contributed by atoms with Crippen LogP contribution >= 0.6 is 0 Å². The summed E-state index contributed by atoms with van der Waals surface area (Å²) < 4.78 is 16.3. The summed E-state index contributed by atoms with van der Waals surface area (Å²) >= 11 is 0. The lowest BCUT2D eigenvalue weighted by Gasteiger charge is -2.08. The molecule has 0 unspecified atom stereocenters. The number of benzene rings is 1. The Hall–Kier alpha value is -3.68. The number of nitrogens with one attached hydrogen (secondary N) is 1. The SMILES string of the molecule is O=C(Nc1cc(OCc2ccc3c(c2)OCO3)ncn1)c1ccncc1. The summed E-state index contributed by atoms with van der Waals surface area (Å²) in [5, 5.41) is 2.70. The van der Waals surface area contributed by atoms with E-state index in [-0.39, 0.29) is 12.7 Å². The Morgan fingerprint density at radius 2 is 1.92 bits per heavy atom. The number of fused-ring (bicyclic) bond motifs is 1. The maximum Gasteiger partial charge on any atom is 0.256 e. The Labute approximate surface area is 148 Å². The summed E-state index contributed by atoms with van der Waals surface area (Å²) in [6, 6.07) is 10.4. The topological polar surface area (TPSA) is 95.5 Å². The molecule has 0 atom stereocenters. The molecule has 8 nitrogen and oxygen atoms in total. The minimum Gasteiger partial charge on any atom is -0.473 e. The number of rotatable bonds is 5. The number of carbonyl (C=O) groups is 1. The van der Waals surface area contributed by atoms with Gasteiger partial charge in [-0.1, -0.05) is 6.07 Å². The van der Waals surface area contributed by atoms with Gasteiger partial charge in [-0.25, -0.2) is 9.97 Å². The number of nitrogens with zero attached hydrogens (tertiary/aromatic N) is 3. The Kier molecular flexibility index (Phi) is 4.29. The largest absolute Gasteiger partial charge is 0.473 e. The summed E-state index contributed by atoms with van der Waals surface area (Å²) in [5.74, 6) is 1.83. The van der Waals surface area contributed by atoms with Crippen molar-refractivity contribution in [3.63, 3.8) is 0 Å². The summed E-state index contributed by atoms with van der Waals surface area (Å²) in [7, 11) is 0. The van der Waals surface area contributed by atoms with Crippen LogP contribution in [0.4, 0.5) is 5.82 Å². The summed E-state index contributed by atoms with van der Waals surface area (Å²) in [6.07, 6.45) is 4.43. The van der Waals surface area contributed by atoms with Gasteiger partial charge in [0.05, 0.1) is 0 Å². The second kappa shape index (κ2) is 7.06. The summed E-state index contributed by atoms with van der Waals surface area (Å²) in [4.78, 5) is 24.1. The molecule has 3 aromatic rings. The quantitative estimate of drug-likeness (QED) is 0.755. The third-order valence-electron chi connectivity index (χ3n) is 3.65. The van der Waals surface area contributed by atoms with Crippen LogP contribution in [0.3, 0.4) is 0 Å². The average molecular weight is 350 g/mol. The van der Waals surface area contributed by atoms with E-state index in [1.54, 1.807) is 30.6 Å². The van der Waals surface area contributed by atoms with Gasteiger partial charge in [-0.05, 0) is 29.8 Å². The molecule has 1 aromatic carbocycles. The van der Waals surface area contributed by atoms with Crippen LogP contribution in [0, 0.1) is 0 Å². The van der Waals surface area contributed by atoms with Crippen molar-refractivity contribution in [1.82, 2.24) is 15.0 Å². The lowest BCUT2D eigenvalue weighted by molar-refractivity contribution is 0.102. The molecule has 3 heterocycles. The average Bonchev–Trinajstić information content (AvgIpc) is 3.15. The first-order valence-corrected chi connectivity index (χ1v) is 7.83. The van der Waals surface area contributed by atoms with Gasteiger partial charge in [0.2, 0.25) is 12.7 Å². The van der Waals surface area contributed by atoms with E-state index in [0.717, 1.165) is 11.3 Å². The van der Waals surface area contributed by atoms with E-state index in [4.69, 9.17) is 14.2 Å². The van der Waals surface area contributed by atoms with Gasteiger partial charge < -0.3 is 19.5 Å². The number of ether oxygens (including phenoxy) is 3. The highest BCUT2D eigenvalue weighted by Crippen LogP contribution is 2.32. The van der Waals surface area contributed by atoms with E-state index >= 15 is 0 Å². The van der Waals surface area contributed by atoms with Crippen molar-refractivity contribution in [2.45, 2.75) is 6.61 Å². The lowest BCUT2D eigenvalue weighted by atomic mass is 10.2. The fourth-order valence-electron chi connectivity index (χ4n) is 2.37. The molecule has 0 aliphatic carbocycles. The molecule has 26 heavy (non-hydrogen) atoms. The van der Waals surface area contributed by atoms with Gasteiger partial charge in [0.15, 0.2) is 11.5 Å². The molecule has 0 bridgehead atoms. The number of carbonyl (C=O) groups excluding carboxylic acids is 1. The minimum atomic E-state index is -0.284. The van der Waals surface area contributed by atoms with Crippen molar-refractivity contribution in [1.29, 1.82) is 0 Å². The van der Waals surface area contributed by atoms with Crippen molar-refractivity contribution >= 4 is 11.7 Å². The molecular weight excluding hydrogens is 336 g/mol. The maximum absolute atomic E-state index is 12.1. The van der Waals surface area contributed by atoms with Crippen LogP contribution in [-0.4, -0.2) is 27.7 Å². The first-order valence-electron chi connectivity index (χ1n) is 7.83. The van der Waals surface area contributed by atoms with Crippen LogP contribution in [0.5, 0.6) is 17.4 Å². The van der Waals surface area contributed by atoms with E-state index in [9.17, 15) is 4.79 Å². The predicted octanol–water partition coefficient (Wildman–Crippen LogP) is 2.43. The Morgan fingerprint density at radius 1 is 1.08 bits per heavy atom. The van der Waals surface area contributed by atoms with Crippen molar-refractivity contribution < 1.29 is 19.0 Å². The summed E-state index contributed by atoms with van der Waals surface area (Å²) in [5.41, 5.74) is 1.40. The Bertz CT molecular complexity index is 933. The normalized spacial score (nSPS) is 11.8. The molecule has 8 heteroatoms. The zero-order chi connectivity index (χ0) is 17.8. The minimum absolute atomic E-state index is 0.228. The van der Waals surface area contributed by atoms with Gasteiger partial charge in [0, 0.05) is 24.0 Å². The molecule has 0 spiro atoms. The lowest BCUT2D eigenvalue weighted by Crippen LogP contribution is -2.13. The molecular formula is C18H14N4O4. The van der Waals surface area contributed by atoms with Crippen molar-refractivity contribution in [3.05, 3.63) is 66.2 Å². The zero-order valence-electron chi connectivity index (χ0n) is 13.6. The van der Waals surface area contributed by atoms with E-state index in [2.05, 4.69) is 20.3 Å². The van der Waals surface area contributed by atoms with Gasteiger partial charge in [0.1, 0.15) is 18.8 Å². The molecule has 1 aliphatic rings. The van der Waals surface area contributed by atoms with Crippen LogP contribution in [0.1, 0.15) is 15.9 Å². The van der Waals surface area contributed by atoms with E-state index in [0.29, 0.717) is 29.6 Å². The second-order valence-corrected chi connectivity index (χ2v) is 5.41. The Balaban J connectivity index is 1.40. The zero-order valence-corrected chi connectivity index (χ0v) is 13.6. The van der Waals surface area contributed by atoms with Gasteiger partial charge in [-0.3, -0.25) is 9.78 Å². The molecule has 1 N–H and O–H groups in total. The van der Waals surface area contributed by atoms with Crippen LogP contribution in [-0.2, 0) is 6.61 Å². The third-order valence-corrected chi connectivity index (χ3v) is 3.65. The van der Waals surface area contributed by atoms with E-state index < -0.39 is 0 Å². The van der Waals surface area contributed by atoms with E-state index in [1.165, 1.54) is 6.33 Å². The van der Waals surface area contributed by atoms with E-state index in [1.807, 2.05) is 18.2 Å². The Morgan fingerprint density at radius 3 is 2.81 bits per heavy atom. The molecule has 0 saturated heterocycles. The molecule has 2 aromatic heterocycles. The van der Waals surface area contributed by atoms with Crippen LogP contribution in [0.2, 0.25) is 0 Å². The van der Waals surface area contributed by atoms with Crippen LogP contribution < -0.4 is 19.5 Å². The van der Waals surface area contributed by atoms with Crippen molar-refractivity contribution in [2.75, 3.05) is 12.1 Å². The standard InChI is InChI=1S/C18H14N4O4/c23-18(13-3-5-19-6-4-13)22-16-8-17(21-10-20-16)24-9-12-1-2-14-15(7-12)26-11-25-14/h1-8,10H,9,11H2,(H,20,21,22,23). The molecule has 0 radical (unpaired) electrons. The number of aromatic nitrogens is 3. The van der Waals surface area contributed by atoms with Crippen molar-refractivity contribution in [2.24, 2.45) is 0 Å². The second-order valence-electron chi connectivity index (χ2n) is 5.41. The number of hydrogen-bond donors (Lipinski definition) is 1. The molecule has 130 valence electrons. The van der Waals surface area contributed by atoms with Crippen LogP contribution in [0.15, 0.2) is 55.1 Å². The fraction of sp³-hybridized carbons (Fsp3) is 0.111. The van der Waals surface area contributed by atoms with Crippen LogP contribution in [0.25, 0.3) is 0 Å². The summed E-state index contributed by atoms with van der Waals surface area (Å²) in [6.45, 7) is 0.525. The van der Waals surface area contributed by atoms with Crippen molar-refractivity contribution in [3.8, 4) is 17.4 Å².